The molecule has 6 nitrogen and oxygen atoms in total. The molecule has 1 heterocycles. The molecule has 1 unspecified atom stereocenters. The molecule has 0 bridgehead atoms. The minimum absolute atomic E-state index is 0.184. The van der Waals surface area contributed by atoms with Gasteiger partial charge in [0, 0.05) is 45.2 Å². The van der Waals surface area contributed by atoms with Crippen LogP contribution in [0, 0.1) is 11.8 Å². The Labute approximate surface area is 166 Å². The fourth-order valence-corrected chi connectivity index (χ4v) is 3.68. The number of likely N-dealkylation sites (tertiary alicyclic amines) is 1. The molecule has 2 N–H and O–H groups in total. The van der Waals surface area contributed by atoms with E-state index in [2.05, 4.69) is 43.3 Å². The van der Waals surface area contributed by atoms with Crippen LogP contribution >= 0.6 is 0 Å². The highest BCUT2D eigenvalue weighted by molar-refractivity contribution is 5.80. The van der Waals surface area contributed by atoms with E-state index in [-0.39, 0.29) is 12.0 Å². The van der Waals surface area contributed by atoms with Gasteiger partial charge in [-0.1, -0.05) is 27.7 Å². The summed E-state index contributed by atoms with van der Waals surface area (Å²) in [5.41, 5.74) is 0. The fourth-order valence-electron chi connectivity index (χ4n) is 3.68. The van der Waals surface area contributed by atoms with Gasteiger partial charge in [-0.2, -0.15) is 0 Å². The number of hydrogen-bond donors (Lipinski definition) is 2. The summed E-state index contributed by atoms with van der Waals surface area (Å²) < 4.78 is 5.80. The smallest absolute Gasteiger partial charge is 0.225 e. The first-order valence-electron chi connectivity index (χ1n) is 10.8. The molecule has 0 aromatic carbocycles. The Bertz CT molecular complexity index is 441. The summed E-state index contributed by atoms with van der Waals surface area (Å²) in [7, 11) is 1.81. The van der Waals surface area contributed by atoms with Gasteiger partial charge >= 0.3 is 0 Å². The highest BCUT2D eigenvalue weighted by atomic mass is 16.5. The molecule has 1 aliphatic rings. The van der Waals surface area contributed by atoms with Gasteiger partial charge in [-0.05, 0) is 44.9 Å². The number of carbonyl (C=O) groups excluding carboxylic acids is 1. The number of amides is 1. The first-order valence-corrected chi connectivity index (χ1v) is 10.8. The number of nitrogens with zero attached hydrogens (tertiary/aromatic N) is 2. The van der Waals surface area contributed by atoms with Gasteiger partial charge in [0.25, 0.3) is 0 Å². The number of aliphatic imine (C=N–C) groups is 1. The zero-order valence-electron chi connectivity index (χ0n) is 18.4. The van der Waals surface area contributed by atoms with Crippen LogP contribution in [0.3, 0.4) is 0 Å². The zero-order chi connectivity index (χ0) is 20.2. The van der Waals surface area contributed by atoms with Crippen molar-refractivity contribution < 1.29 is 9.53 Å². The monoisotopic (exact) mass is 382 g/mol. The Morgan fingerprint density at radius 3 is 2.30 bits per heavy atom. The average molecular weight is 383 g/mol. The van der Waals surface area contributed by atoms with Crippen LogP contribution in [0.4, 0.5) is 0 Å². The van der Waals surface area contributed by atoms with E-state index in [1.165, 1.54) is 0 Å². The van der Waals surface area contributed by atoms with E-state index in [0.717, 1.165) is 64.3 Å². The lowest BCUT2D eigenvalue weighted by Gasteiger charge is -2.35. The maximum atomic E-state index is 12.5. The van der Waals surface area contributed by atoms with Crippen LogP contribution in [0.5, 0.6) is 0 Å². The summed E-state index contributed by atoms with van der Waals surface area (Å²) in [6.45, 7) is 13.9. The highest BCUT2D eigenvalue weighted by Gasteiger charge is 2.26. The molecule has 158 valence electrons. The first-order chi connectivity index (χ1) is 13.0. The van der Waals surface area contributed by atoms with Gasteiger partial charge in [0.15, 0.2) is 5.96 Å². The van der Waals surface area contributed by atoms with Crippen LogP contribution in [0.1, 0.15) is 66.7 Å². The van der Waals surface area contributed by atoms with Crippen LogP contribution in [0.15, 0.2) is 4.99 Å². The Kier molecular flexibility index (Phi) is 11.4. The highest BCUT2D eigenvalue weighted by Crippen LogP contribution is 2.17. The molecule has 1 fully saturated rings. The van der Waals surface area contributed by atoms with Crippen LogP contribution in [0.2, 0.25) is 0 Å². The molecule has 1 aliphatic heterocycles. The summed E-state index contributed by atoms with van der Waals surface area (Å²) in [6.07, 6.45) is 5.06. The number of hydrogen-bond acceptors (Lipinski definition) is 3. The Hall–Kier alpha value is -1.30. The summed E-state index contributed by atoms with van der Waals surface area (Å²) >= 11 is 0. The number of carbonyl (C=O) groups is 1. The first kappa shape index (κ1) is 23.7. The van der Waals surface area contributed by atoms with Crippen molar-refractivity contribution >= 4 is 11.9 Å². The summed E-state index contributed by atoms with van der Waals surface area (Å²) in [6, 6.07) is 0.370. The van der Waals surface area contributed by atoms with E-state index < -0.39 is 0 Å². The van der Waals surface area contributed by atoms with E-state index in [0.29, 0.717) is 17.9 Å². The normalized spacial score (nSPS) is 17.5. The Morgan fingerprint density at radius 1 is 1.19 bits per heavy atom. The molecule has 1 atom stereocenters. The number of ether oxygens (including phenoxy) is 1. The molecule has 0 aliphatic carbocycles. The van der Waals surface area contributed by atoms with Gasteiger partial charge < -0.3 is 20.3 Å². The SMILES string of the molecule is CCOC(CCNC(=NC)NC1CCN(C(=O)C(CC)CC)CC1)C(C)C. The number of nitrogens with one attached hydrogen (secondary N) is 2. The van der Waals surface area contributed by atoms with Crippen molar-refractivity contribution in [3.05, 3.63) is 0 Å². The Morgan fingerprint density at radius 2 is 1.81 bits per heavy atom. The minimum atomic E-state index is 0.184. The van der Waals surface area contributed by atoms with E-state index >= 15 is 0 Å². The van der Waals surface area contributed by atoms with Gasteiger partial charge in [0.1, 0.15) is 0 Å². The van der Waals surface area contributed by atoms with Crippen molar-refractivity contribution in [2.24, 2.45) is 16.8 Å². The van der Waals surface area contributed by atoms with Gasteiger partial charge in [-0.3, -0.25) is 9.79 Å². The zero-order valence-corrected chi connectivity index (χ0v) is 18.4. The van der Waals surface area contributed by atoms with E-state index in [4.69, 9.17) is 4.74 Å². The second kappa shape index (κ2) is 13.0. The molecule has 0 spiro atoms. The van der Waals surface area contributed by atoms with Gasteiger partial charge in [-0.25, -0.2) is 0 Å². The molecule has 0 saturated carbocycles. The molecular weight excluding hydrogens is 340 g/mol. The largest absolute Gasteiger partial charge is 0.378 e. The van der Waals surface area contributed by atoms with E-state index in [1.807, 2.05) is 18.9 Å². The number of piperidine rings is 1. The van der Waals surface area contributed by atoms with Crippen molar-refractivity contribution in [3.63, 3.8) is 0 Å². The quantitative estimate of drug-likeness (QED) is 0.450. The molecule has 0 aromatic rings. The second-order valence-corrected chi connectivity index (χ2v) is 7.78. The summed E-state index contributed by atoms with van der Waals surface area (Å²) in [5.74, 6) is 1.87. The van der Waals surface area contributed by atoms with Crippen molar-refractivity contribution in [1.82, 2.24) is 15.5 Å². The van der Waals surface area contributed by atoms with Crippen LogP contribution < -0.4 is 10.6 Å². The molecule has 27 heavy (non-hydrogen) atoms. The Balaban J connectivity index is 2.37. The maximum absolute atomic E-state index is 12.5. The van der Waals surface area contributed by atoms with Crippen LogP contribution in [0.25, 0.3) is 0 Å². The van der Waals surface area contributed by atoms with Crippen molar-refractivity contribution in [2.75, 3.05) is 33.3 Å². The van der Waals surface area contributed by atoms with Crippen molar-refractivity contribution in [3.8, 4) is 0 Å². The average Bonchev–Trinajstić information content (AvgIpc) is 2.67. The molecule has 1 rings (SSSR count). The van der Waals surface area contributed by atoms with Crippen LogP contribution in [-0.4, -0.2) is 62.2 Å². The van der Waals surface area contributed by atoms with Gasteiger partial charge in [-0.15, -0.1) is 0 Å². The lowest BCUT2D eigenvalue weighted by Crippen LogP contribution is -2.50. The molecule has 0 radical (unpaired) electrons. The second-order valence-electron chi connectivity index (χ2n) is 7.78. The summed E-state index contributed by atoms with van der Waals surface area (Å²) in [4.78, 5) is 18.9. The molecule has 1 amide bonds. The van der Waals surface area contributed by atoms with Crippen molar-refractivity contribution in [2.45, 2.75) is 78.9 Å². The minimum Gasteiger partial charge on any atom is -0.378 e. The van der Waals surface area contributed by atoms with Crippen LogP contribution in [-0.2, 0) is 9.53 Å². The third-order valence-electron chi connectivity index (χ3n) is 5.55. The topological polar surface area (TPSA) is 66.0 Å². The third kappa shape index (κ3) is 8.08. The number of guanidine groups is 1. The maximum Gasteiger partial charge on any atom is 0.225 e. The molecule has 1 saturated heterocycles. The van der Waals surface area contributed by atoms with E-state index in [1.54, 1.807) is 0 Å². The fraction of sp³-hybridized carbons (Fsp3) is 0.905. The predicted octanol–water partition coefficient (Wildman–Crippen LogP) is 3.03. The third-order valence-corrected chi connectivity index (χ3v) is 5.55. The molecular formula is C21H42N4O2. The lowest BCUT2D eigenvalue weighted by atomic mass is 9.98. The van der Waals surface area contributed by atoms with Crippen molar-refractivity contribution in [1.29, 1.82) is 0 Å². The summed E-state index contributed by atoms with van der Waals surface area (Å²) in [5, 5.41) is 6.93. The predicted molar refractivity (Wildman–Crippen MR) is 113 cm³/mol. The van der Waals surface area contributed by atoms with E-state index in [9.17, 15) is 4.79 Å². The number of rotatable bonds is 10. The molecule has 0 aromatic heterocycles. The molecule has 6 heteroatoms. The standard InChI is InChI=1S/C21H42N4O2/c1-7-17(8-2)20(26)25-14-11-18(12-15-25)24-21(22-6)23-13-10-19(16(4)5)27-9-3/h16-19H,7-15H2,1-6H3,(H2,22,23,24). The van der Waals surface area contributed by atoms with Gasteiger partial charge in [0.2, 0.25) is 5.91 Å². The van der Waals surface area contributed by atoms with Gasteiger partial charge in [0.05, 0.1) is 6.10 Å². The lowest BCUT2D eigenvalue weighted by molar-refractivity contribution is -0.136.